The quantitative estimate of drug-likeness (QED) is 0.836. The summed E-state index contributed by atoms with van der Waals surface area (Å²) in [7, 11) is 0. The van der Waals surface area contributed by atoms with Crippen molar-refractivity contribution >= 4 is 5.97 Å². The van der Waals surface area contributed by atoms with Crippen molar-refractivity contribution < 1.29 is 14.6 Å². The molecule has 3 rings (SSSR count). The molecule has 0 radical (unpaired) electrons. The van der Waals surface area contributed by atoms with Gasteiger partial charge in [-0.2, -0.15) is 0 Å². The molecule has 1 saturated heterocycles. The highest BCUT2D eigenvalue weighted by molar-refractivity contribution is 5.70. The molecule has 2 heterocycles. The Labute approximate surface area is 106 Å². The summed E-state index contributed by atoms with van der Waals surface area (Å²) >= 11 is 0. The lowest BCUT2D eigenvalue weighted by atomic mass is 9.96. The molecule has 0 aliphatic carbocycles. The largest absolute Gasteiger partial charge is 0.493 e. The van der Waals surface area contributed by atoms with Crippen molar-refractivity contribution in [1.29, 1.82) is 0 Å². The van der Waals surface area contributed by atoms with Gasteiger partial charge in [-0.3, -0.25) is 4.79 Å². The van der Waals surface area contributed by atoms with Crippen LogP contribution in [0.2, 0.25) is 0 Å². The van der Waals surface area contributed by atoms with Crippen molar-refractivity contribution in [2.75, 3.05) is 13.2 Å². The standard InChI is InChI=1S/C14H17NO3/c16-14(17)11-7-12(15-8-11)9-3-4-13-10(6-9)2-1-5-18-13/h3-4,6,11-12,15H,1-2,5,7-8H2,(H,16,17). The first kappa shape index (κ1) is 11.5. The Hall–Kier alpha value is -1.55. The number of hydrogen-bond donors (Lipinski definition) is 2. The van der Waals surface area contributed by atoms with E-state index < -0.39 is 5.97 Å². The highest BCUT2D eigenvalue weighted by atomic mass is 16.5. The number of nitrogens with one attached hydrogen (secondary N) is 1. The van der Waals surface area contributed by atoms with Crippen molar-refractivity contribution in [3.63, 3.8) is 0 Å². The van der Waals surface area contributed by atoms with Crippen LogP contribution in [-0.4, -0.2) is 24.2 Å². The second-order valence-corrected chi connectivity index (χ2v) is 5.05. The van der Waals surface area contributed by atoms with Crippen LogP contribution in [-0.2, 0) is 11.2 Å². The first-order valence-electron chi connectivity index (χ1n) is 6.46. The maximum absolute atomic E-state index is 11.0. The van der Waals surface area contributed by atoms with Crippen LogP contribution in [0.15, 0.2) is 18.2 Å². The van der Waals surface area contributed by atoms with Gasteiger partial charge in [-0.15, -0.1) is 0 Å². The van der Waals surface area contributed by atoms with Crippen LogP contribution in [0.4, 0.5) is 0 Å². The summed E-state index contributed by atoms with van der Waals surface area (Å²) < 4.78 is 5.59. The molecule has 4 heteroatoms. The van der Waals surface area contributed by atoms with Crippen molar-refractivity contribution in [1.82, 2.24) is 5.32 Å². The molecule has 1 aromatic carbocycles. The van der Waals surface area contributed by atoms with Gasteiger partial charge in [-0.1, -0.05) is 12.1 Å². The Morgan fingerprint density at radius 2 is 2.33 bits per heavy atom. The van der Waals surface area contributed by atoms with E-state index in [1.54, 1.807) is 0 Å². The minimum Gasteiger partial charge on any atom is -0.493 e. The van der Waals surface area contributed by atoms with Crippen LogP contribution in [0.3, 0.4) is 0 Å². The normalized spacial score (nSPS) is 26.4. The summed E-state index contributed by atoms with van der Waals surface area (Å²) in [5.74, 6) is 0.0198. The number of aryl methyl sites for hydroxylation is 1. The maximum atomic E-state index is 11.0. The molecule has 2 N–H and O–H groups in total. The summed E-state index contributed by atoms with van der Waals surface area (Å²) in [6, 6.07) is 6.39. The van der Waals surface area contributed by atoms with Gasteiger partial charge in [0.1, 0.15) is 5.75 Å². The third kappa shape index (κ3) is 2.08. The van der Waals surface area contributed by atoms with E-state index in [2.05, 4.69) is 11.4 Å². The van der Waals surface area contributed by atoms with Gasteiger partial charge in [-0.05, 0) is 36.5 Å². The molecule has 2 unspecified atom stereocenters. The molecule has 0 saturated carbocycles. The Morgan fingerprint density at radius 3 is 3.11 bits per heavy atom. The van der Waals surface area contributed by atoms with Crippen LogP contribution in [0.5, 0.6) is 5.75 Å². The fourth-order valence-corrected chi connectivity index (χ4v) is 2.77. The molecule has 0 bridgehead atoms. The fraction of sp³-hybridized carbons (Fsp3) is 0.500. The summed E-state index contributed by atoms with van der Waals surface area (Å²) in [4.78, 5) is 11.0. The highest BCUT2D eigenvalue weighted by Gasteiger charge is 2.30. The number of ether oxygens (including phenoxy) is 1. The van der Waals surface area contributed by atoms with E-state index in [1.165, 1.54) is 11.1 Å². The molecular formula is C14H17NO3. The molecule has 1 fully saturated rings. The third-order valence-corrected chi connectivity index (χ3v) is 3.82. The van der Waals surface area contributed by atoms with Gasteiger partial charge in [0.2, 0.25) is 0 Å². The molecule has 4 nitrogen and oxygen atoms in total. The molecule has 2 aliphatic rings. The van der Waals surface area contributed by atoms with E-state index in [0.717, 1.165) is 25.2 Å². The highest BCUT2D eigenvalue weighted by Crippen LogP contribution is 2.32. The average molecular weight is 247 g/mol. The van der Waals surface area contributed by atoms with Crippen LogP contribution in [0, 0.1) is 5.92 Å². The molecule has 0 aromatic heterocycles. The fourth-order valence-electron chi connectivity index (χ4n) is 2.77. The molecule has 1 aromatic rings. The van der Waals surface area contributed by atoms with Gasteiger partial charge >= 0.3 is 5.97 Å². The number of aliphatic carboxylic acids is 1. The Morgan fingerprint density at radius 1 is 1.44 bits per heavy atom. The molecule has 2 aliphatic heterocycles. The van der Waals surface area contributed by atoms with E-state index in [-0.39, 0.29) is 12.0 Å². The average Bonchev–Trinajstić information content (AvgIpc) is 2.88. The van der Waals surface area contributed by atoms with E-state index in [9.17, 15) is 4.79 Å². The summed E-state index contributed by atoms with van der Waals surface area (Å²) in [6.45, 7) is 1.36. The Bertz CT molecular complexity index is 472. The van der Waals surface area contributed by atoms with Gasteiger partial charge in [0.25, 0.3) is 0 Å². The number of carboxylic acids is 1. The van der Waals surface area contributed by atoms with E-state index in [0.29, 0.717) is 13.0 Å². The molecule has 96 valence electrons. The van der Waals surface area contributed by atoms with Crippen molar-refractivity contribution in [3.05, 3.63) is 29.3 Å². The van der Waals surface area contributed by atoms with E-state index >= 15 is 0 Å². The minimum atomic E-state index is -0.703. The van der Waals surface area contributed by atoms with Crippen LogP contribution in [0.25, 0.3) is 0 Å². The van der Waals surface area contributed by atoms with Gasteiger partial charge in [0.15, 0.2) is 0 Å². The maximum Gasteiger partial charge on any atom is 0.307 e. The van der Waals surface area contributed by atoms with E-state index in [1.807, 2.05) is 12.1 Å². The second-order valence-electron chi connectivity index (χ2n) is 5.05. The number of carbonyl (C=O) groups is 1. The van der Waals surface area contributed by atoms with Gasteiger partial charge in [0.05, 0.1) is 12.5 Å². The summed E-state index contributed by atoms with van der Waals surface area (Å²) in [5, 5.41) is 12.3. The summed E-state index contributed by atoms with van der Waals surface area (Å²) in [6.07, 6.45) is 2.79. The van der Waals surface area contributed by atoms with Crippen molar-refractivity contribution in [2.45, 2.75) is 25.3 Å². The number of benzene rings is 1. The molecule has 0 amide bonds. The third-order valence-electron chi connectivity index (χ3n) is 3.82. The minimum absolute atomic E-state index is 0.165. The number of carboxylic acid groups (broad SMARTS) is 1. The zero-order valence-electron chi connectivity index (χ0n) is 10.2. The molecule has 0 spiro atoms. The number of hydrogen-bond acceptors (Lipinski definition) is 3. The second kappa shape index (κ2) is 4.61. The SMILES string of the molecule is O=C(O)C1CNC(c2ccc3c(c2)CCCO3)C1. The smallest absolute Gasteiger partial charge is 0.307 e. The van der Waals surface area contributed by atoms with Crippen molar-refractivity contribution in [2.24, 2.45) is 5.92 Å². The lowest BCUT2D eigenvalue weighted by molar-refractivity contribution is -0.141. The zero-order valence-corrected chi connectivity index (χ0v) is 10.2. The number of rotatable bonds is 2. The Balaban J connectivity index is 1.79. The molecule has 18 heavy (non-hydrogen) atoms. The Kier molecular flexibility index (Phi) is 2.96. The first-order chi connectivity index (χ1) is 8.74. The lowest BCUT2D eigenvalue weighted by Gasteiger charge is -2.19. The monoisotopic (exact) mass is 247 g/mol. The van der Waals surface area contributed by atoms with Crippen LogP contribution < -0.4 is 10.1 Å². The van der Waals surface area contributed by atoms with Gasteiger partial charge in [-0.25, -0.2) is 0 Å². The van der Waals surface area contributed by atoms with E-state index in [4.69, 9.17) is 9.84 Å². The van der Waals surface area contributed by atoms with Gasteiger partial charge < -0.3 is 15.2 Å². The summed E-state index contributed by atoms with van der Waals surface area (Å²) in [5.41, 5.74) is 2.43. The lowest BCUT2D eigenvalue weighted by Crippen LogP contribution is -2.17. The predicted octanol–water partition coefficient (Wildman–Crippen LogP) is 1.75. The molecule has 2 atom stereocenters. The topological polar surface area (TPSA) is 58.6 Å². The number of fused-ring (bicyclic) bond motifs is 1. The molecular weight excluding hydrogens is 230 g/mol. The predicted molar refractivity (Wildman–Crippen MR) is 66.7 cm³/mol. The van der Waals surface area contributed by atoms with Crippen LogP contribution in [0.1, 0.15) is 30.0 Å². The van der Waals surface area contributed by atoms with Gasteiger partial charge in [0, 0.05) is 12.6 Å². The van der Waals surface area contributed by atoms with Crippen LogP contribution >= 0.6 is 0 Å². The van der Waals surface area contributed by atoms with Crippen molar-refractivity contribution in [3.8, 4) is 5.75 Å². The first-order valence-corrected chi connectivity index (χ1v) is 6.46. The zero-order chi connectivity index (χ0) is 12.5.